The van der Waals surface area contributed by atoms with Crippen molar-refractivity contribution in [3.8, 4) is 0 Å². The van der Waals surface area contributed by atoms with E-state index in [-0.39, 0.29) is 16.8 Å². The minimum Gasteiger partial charge on any atom is -0.348 e. The highest BCUT2D eigenvalue weighted by atomic mass is 32.2. The van der Waals surface area contributed by atoms with Gasteiger partial charge in [-0.1, -0.05) is 42.8 Å². The molecule has 1 N–H and O–H groups in total. The molecule has 2 heterocycles. The minimum atomic E-state index is -3.54. The van der Waals surface area contributed by atoms with E-state index < -0.39 is 10.0 Å². The minimum absolute atomic E-state index is 0.0727. The van der Waals surface area contributed by atoms with Crippen molar-refractivity contribution in [3.05, 3.63) is 65.7 Å². The topological polar surface area (TPSA) is 69.7 Å². The first-order chi connectivity index (χ1) is 14.5. The smallest absolute Gasteiger partial charge is 0.251 e. The SMILES string of the molecule is O=C(NC1CCN(Cc2ccccc2)C1)c1cccc(S(=O)(=O)N2CCCCC2)c1. The Labute approximate surface area is 178 Å². The number of hydrogen-bond acceptors (Lipinski definition) is 4. The van der Waals surface area contributed by atoms with E-state index in [1.54, 1.807) is 18.2 Å². The van der Waals surface area contributed by atoms with Crippen LogP contribution in [0, 0.1) is 0 Å². The van der Waals surface area contributed by atoms with Crippen LogP contribution in [-0.2, 0) is 16.6 Å². The van der Waals surface area contributed by atoms with Gasteiger partial charge in [0.2, 0.25) is 10.0 Å². The van der Waals surface area contributed by atoms with Crippen molar-refractivity contribution in [1.82, 2.24) is 14.5 Å². The zero-order chi connectivity index (χ0) is 21.0. The summed E-state index contributed by atoms with van der Waals surface area (Å²) in [5.41, 5.74) is 1.66. The molecule has 0 aliphatic carbocycles. The molecule has 1 unspecified atom stereocenters. The Morgan fingerprint density at radius 1 is 0.967 bits per heavy atom. The van der Waals surface area contributed by atoms with Gasteiger partial charge in [-0.15, -0.1) is 0 Å². The van der Waals surface area contributed by atoms with Crippen molar-refractivity contribution >= 4 is 15.9 Å². The van der Waals surface area contributed by atoms with Crippen LogP contribution >= 0.6 is 0 Å². The summed E-state index contributed by atoms with van der Waals surface area (Å²) in [6.07, 6.45) is 3.74. The number of rotatable bonds is 6. The lowest BCUT2D eigenvalue weighted by Crippen LogP contribution is -2.37. The summed E-state index contributed by atoms with van der Waals surface area (Å²) in [6.45, 7) is 3.71. The quantitative estimate of drug-likeness (QED) is 0.770. The van der Waals surface area contributed by atoms with Gasteiger partial charge >= 0.3 is 0 Å². The van der Waals surface area contributed by atoms with Gasteiger partial charge in [-0.2, -0.15) is 4.31 Å². The normalized spacial score (nSPS) is 20.9. The summed E-state index contributed by atoms with van der Waals surface area (Å²) >= 11 is 0. The standard InChI is InChI=1S/C23H29N3O3S/c27-23(24-21-12-15-25(18-21)17-19-8-3-1-4-9-19)20-10-7-11-22(16-20)30(28,29)26-13-5-2-6-14-26/h1,3-4,7-11,16,21H,2,5-6,12-15,17-18H2,(H,24,27). The zero-order valence-electron chi connectivity index (χ0n) is 17.2. The van der Waals surface area contributed by atoms with E-state index in [0.29, 0.717) is 18.7 Å². The van der Waals surface area contributed by atoms with E-state index in [2.05, 4.69) is 22.3 Å². The number of carbonyl (C=O) groups excluding carboxylic acids is 1. The largest absolute Gasteiger partial charge is 0.348 e. The van der Waals surface area contributed by atoms with E-state index in [4.69, 9.17) is 0 Å². The molecule has 0 radical (unpaired) electrons. The summed E-state index contributed by atoms with van der Waals surface area (Å²) < 4.78 is 27.4. The zero-order valence-corrected chi connectivity index (χ0v) is 18.0. The highest BCUT2D eigenvalue weighted by molar-refractivity contribution is 7.89. The molecule has 1 atom stereocenters. The summed E-state index contributed by atoms with van der Waals surface area (Å²) in [6, 6.07) is 16.8. The Hall–Kier alpha value is -2.22. The van der Waals surface area contributed by atoms with Crippen molar-refractivity contribution in [1.29, 1.82) is 0 Å². The van der Waals surface area contributed by atoms with E-state index in [1.165, 1.54) is 15.9 Å². The van der Waals surface area contributed by atoms with Crippen molar-refractivity contribution in [2.75, 3.05) is 26.2 Å². The number of amides is 1. The highest BCUT2D eigenvalue weighted by Gasteiger charge is 2.28. The molecule has 160 valence electrons. The van der Waals surface area contributed by atoms with E-state index in [9.17, 15) is 13.2 Å². The molecular formula is C23H29N3O3S. The lowest BCUT2D eigenvalue weighted by atomic mass is 10.2. The first-order valence-corrected chi connectivity index (χ1v) is 12.1. The fourth-order valence-electron chi connectivity index (χ4n) is 4.26. The number of carbonyl (C=O) groups is 1. The van der Waals surface area contributed by atoms with Gasteiger partial charge in [0.25, 0.3) is 5.91 Å². The second-order valence-electron chi connectivity index (χ2n) is 8.17. The molecule has 2 aliphatic heterocycles. The van der Waals surface area contributed by atoms with Crippen LogP contribution in [0.1, 0.15) is 41.6 Å². The van der Waals surface area contributed by atoms with Gasteiger partial charge in [-0.25, -0.2) is 8.42 Å². The molecule has 0 saturated carbocycles. The Morgan fingerprint density at radius 2 is 1.73 bits per heavy atom. The average Bonchev–Trinajstić information content (AvgIpc) is 3.21. The van der Waals surface area contributed by atoms with Crippen LogP contribution in [0.25, 0.3) is 0 Å². The molecule has 2 fully saturated rings. The number of benzene rings is 2. The summed E-state index contributed by atoms with van der Waals surface area (Å²) in [5, 5.41) is 3.08. The summed E-state index contributed by atoms with van der Waals surface area (Å²) in [5.74, 6) is -0.211. The Morgan fingerprint density at radius 3 is 2.50 bits per heavy atom. The predicted molar refractivity (Wildman–Crippen MR) is 117 cm³/mol. The Balaban J connectivity index is 1.38. The molecule has 2 aromatic rings. The van der Waals surface area contributed by atoms with Crippen LogP contribution in [0.4, 0.5) is 0 Å². The number of nitrogens with zero attached hydrogens (tertiary/aromatic N) is 2. The lowest BCUT2D eigenvalue weighted by Gasteiger charge is -2.26. The average molecular weight is 428 g/mol. The molecule has 6 nitrogen and oxygen atoms in total. The predicted octanol–water partition coefficient (Wildman–Crippen LogP) is 2.87. The molecule has 0 aromatic heterocycles. The number of nitrogens with one attached hydrogen (secondary N) is 1. The number of likely N-dealkylation sites (tertiary alicyclic amines) is 1. The fraction of sp³-hybridized carbons (Fsp3) is 0.435. The number of piperidine rings is 1. The molecular weight excluding hydrogens is 398 g/mol. The van der Waals surface area contributed by atoms with Crippen LogP contribution in [0.2, 0.25) is 0 Å². The van der Waals surface area contributed by atoms with Gasteiger partial charge < -0.3 is 5.32 Å². The third-order valence-corrected chi connectivity index (χ3v) is 7.80. The molecule has 4 rings (SSSR count). The van der Waals surface area contributed by atoms with Gasteiger partial charge in [-0.3, -0.25) is 9.69 Å². The van der Waals surface area contributed by atoms with Gasteiger partial charge in [0.1, 0.15) is 0 Å². The van der Waals surface area contributed by atoms with Gasteiger partial charge in [0.15, 0.2) is 0 Å². The van der Waals surface area contributed by atoms with Gasteiger partial charge in [0, 0.05) is 44.3 Å². The molecule has 2 saturated heterocycles. The maximum atomic E-state index is 12.9. The third kappa shape index (κ3) is 4.91. The van der Waals surface area contributed by atoms with Crippen LogP contribution in [0.15, 0.2) is 59.5 Å². The molecule has 2 aliphatic rings. The maximum absolute atomic E-state index is 12.9. The fourth-order valence-corrected chi connectivity index (χ4v) is 5.82. The molecule has 7 heteroatoms. The maximum Gasteiger partial charge on any atom is 0.251 e. The molecule has 1 amide bonds. The van der Waals surface area contributed by atoms with Crippen LogP contribution in [-0.4, -0.2) is 55.8 Å². The lowest BCUT2D eigenvalue weighted by molar-refractivity contribution is 0.0937. The van der Waals surface area contributed by atoms with E-state index >= 15 is 0 Å². The third-order valence-electron chi connectivity index (χ3n) is 5.91. The first-order valence-electron chi connectivity index (χ1n) is 10.7. The Bertz CT molecular complexity index is 972. The van der Waals surface area contributed by atoms with Crippen molar-refractivity contribution in [2.24, 2.45) is 0 Å². The van der Waals surface area contributed by atoms with E-state index in [1.807, 2.05) is 18.2 Å². The summed E-state index contributed by atoms with van der Waals surface area (Å²) in [4.78, 5) is 15.3. The molecule has 0 spiro atoms. The molecule has 0 bridgehead atoms. The number of hydrogen-bond donors (Lipinski definition) is 1. The van der Waals surface area contributed by atoms with E-state index in [0.717, 1.165) is 45.3 Å². The second kappa shape index (κ2) is 9.29. The second-order valence-corrected chi connectivity index (χ2v) is 10.1. The van der Waals surface area contributed by atoms with Gasteiger partial charge in [0.05, 0.1) is 4.90 Å². The molecule has 30 heavy (non-hydrogen) atoms. The summed E-state index contributed by atoms with van der Waals surface area (Å²) in [7, 11) is -3.54. The van der Waals surface area contributed by atoms with Crippen molar-refractivity contribution < 1.29 is 13.2 Å². The number of sulfonamides is 1. The van der Waals surface area contributed by atoms with Crippen molar-refractivity contribution in [2.45, 2.75) is 43.2 Å². The van der Waals surface area contributed by atoms with Crippen LogP contribution < -0.4 is 5.32 Å². The highest BCUT2D eigenvalue weighted by Crippen LogP contribution is 2.22. The first kappa shape index (κ1) is 21.0. The monoisotopic (exact) mass is 427 g/mol. The van der Waals surface area contributed by atoms with Crippen LogP contribution in [0.5, 0.6) is 0 Å². The van der Waals surface area contributed by atoms with Gasteiger partial charge in [-0.05, 0) is 43.0 Å². The molecule has 2 aromatic carbocycles. The van der Waals surface area contributed by atoms with Crippen molar-refractivity contribution in [3.63, 3.8) is 0 Å². The Kier molecular flexibility index (Phi) is 6.51. The van der Waals surface area contributed by atoms with Crippen LogP contribution in [0.3, 0.4) is 0 Å².